The first kappa shape index (κ1) is 9.68. The van der Waals surface area contributed by atoms with Gasteiger partial charge in [-0.2, -0.15) is 0 Å². The van der Waals surface area contributed by atoms with Crippen LogP contribution in [-0.2, 0) is 5.67 Å². The van der Waals surface area contributed by atoms with Crippen LogP contribution in [0.15, 0.2) is 6.07 Å². The lowest BCUT2D eigenvalue weighted by molar-refractivity contribution is 0.206. The third-order valence-corrected chi connectivity index (χ3v) is 1.58. The average Bonchev–Trinajstić information content (AvgIpc) is 1.82. The van der Waals surface area contributed by atoms with Crippen molar-refractivity contribution in [2.75, 3.05) is 0 Å². The van der Waals surface area contributed by atoms with Gasteiger partial charge in [0.15, 0.2) is 11.5 Å². The van der Waals surface area contributed by atoms with Crippen molar-refractivity contribution in [2.45, 2.75) is 19.5 Å². The van der Waals surface area contributed by atoms with Crippen LogP contribution in [0, 0.1) is 0 Å². The summed E-state index contributed by atoms with van der Waals surface area (Å²) in [5.41, 5.74) is -1.62. The van der Waals surface area contributed by atoms with Crippen LogP contribution in [0.4, 0.5) is 4.39 Å². The van der Waals surface area contributed by atoms with Gasteiger partial charge in [0.1, 0.15) is 10.3 Å². The van der Waals surface area contributed by atoms with Gasteiger partial charge in [0.2, 0.25) is 0 Å². The van der Waals surface area contributed by atoms with Crippen molar-refractivity contribution in [3.05, 3.63) is 22.2 Å². The SMILES string of the molecule is CC(C)(F)c1nc(Cl)cc(Cl)n1. The molecule has 66 valence electrons. The number of hydrogen-bond donors (Lipinski definition) is 0. The molecule has 0 N–H and O–H groups in total. The van der Waals surface area contributed by atoms with Crippen molar-refractivity contribution in [3.8, 4) is 0 Å². The van der Waals surface area contributed by atoms with Crippen LogP contribution in [0.1, 0.15) is 19.7 Å². The van der Waals surface area contributed by atoms with Gasteiger partial charge in [0, 0.05) is 6.07 Å². The molecule has 0 aromatic carbocycles. The highest BCUT2D eigenvalue weighted by Gasteiger charge is 2.23. The maximum atomic E-state index is 13.2. The van der Waals surface area contributed by atoms with Crippen LogP contribution >= 0.6 is 23.2 Å². The molecule has 0 bridgehead atoms. The Balaban J connectivity index is 3.18. The normalized spacial score (nSPS) is 11.8. The van der Waals surface area contributed by atoms with Gasteiger partial charge in [-0.1, -0.05) is 23.2 Å². The first-order valence-corrected chi connectivity index (χ1v) is 4.04. The maximum absolute atomic E-state index is 13.2. The third-order valence-electron chi connectivity index (χ3n) is 1.20. The highest BCUT2D eigenvalue weighted by atomic mass is 35.5. The van der Waals surface area contributed by atoms with Gasteiger partial charge in [0.05, 0.1) is 0 Å². The van der Waals surface area contributed by atoms with Gasteiger partial charge in [0.25, 0.3) is 0 Å². The number of nitrogens with zero attached hydrogens (tertiary/aromatic N) is 2. The van der Waals surface area contributed by atoms with E-state index in [9.17, 15) is 4.39 Å². The minimum Gasteiger partial charge on any atom is -0.236 e. The summed E-state index contributed by atoms with van der Waals surface area (Å²) in [6.45, 7) is 2.68. The van der Waals surface area contributed by atoms with Crippen LogP contribution in [0.5, 0.6) is 0 Å². The molecule has 1 heterocycles. The summed E-state index contributed by atoms with van der Waals surface area (Å²) in [4.78, 5) is 7.40. The molecule has 0 amide bonds. The van der Waals surface area contributed by atoms with Gasteiger partial charge in [-0.25, -0.2) is 14.4 Å². The van der Waals surface area contributed by atoms with Gasteiger partial charge >= 0.3 is 0 Å². The second-order valence-corrected chi connectivity index (χ2v) is 3.58. The molecule has 12 heavy (non-hydrogen) atoms. The minimum atomic E-state index is -1.62. The molecule has 5 heteroatoms. The van der Waals surface area contributed by atoms with E-state index in [1.165, 1.54) is 19.9 Å². The molecule has 0 aliphatic rings. The predicted molar refractivity (Wildman–Crippen MR) is 46.2 cm³/mol. The molecule has 2 nitrogen and oxygen atoms in total. The fourth-order valence-electron chi connectivity index (χ4n) is 0.656. The summed E-state index contributed by atoms with van der Waals surface area (Å²) in [5.74, 6) is 0.000000000000000444. The minimum absolute atomic E-state index is 0.000000000000000444. The number of hydrogen-bond acceptors (Lipinski definition) is 2. The van der Waals surface area contributed by atoms with Crippen LogP contribution < -0.4 is 0 Å². The summed E-state index contributed by atoms with van der Waals surface area (Å²) in [6.07, 6.45) is 0. The van der Waals surface area contributed by atoms with Gasteiger partial charge in [-0.15, -0.1) is 0 Å². The summed E-state index contributed by atoms with van der Waals surface area (Å²) >= 11 is 11.1. The summed E-state index contributed by atoms with van der Waals surface area (Å²) in [6, 6.07) is 1.36. The third kappa shape index (κ3) is 2.29. The van der Waals surface area contributed by atoms with Crippen LogP contribution in [0.2, 0.25) is 10.3 Å². The Bertz CT molecular complexity index is 276. The predicted octanol–water partition coefficient (Wildman–Crippen LogP) is 2.99. The van der Waals surface area contributed by atoms with Gasteiger partial charge < -0.3 is 0 Å². The zero-order valence-corrected chi connectivity index (χ0v) is 8.12. The zero-order chi connectivity index (χ0) is 9.35. The Morgan fingerprint density at radius 2 is 1.67 bits per heavy atom. The number of rotatable bonds is 1. The summed E-state index contributed by atoms with van der Waals surface area (Å²) in [7, 11) is 0. The van der Waals surface area contributed by atoms with Crippen molar-refractivity contribution in [2.24, 2.45) is 0 Å². The van der Waals surface area contributed by atoms with E-state index in [2.05, 4.69) is 9.97 Å². The maximum Gasteiger partial charge on any atom is 0.168 e. The molecular formula is C7H7Cl2FN2. The second-order valence-electron chi connectivity index (χ2n) is 2.81. The summed E-state index contributed by atoms with van der Waals surface area (Å²) in [5, 5.41) is 0.298. The Morgan fingerprint density at radius 1 is 1.25 bits per heavy atom. The number of aromatic nitrogens is 2. The fourth-order valence-corrected chi connectivity index (χ4v) is 1.08. The van der Waals surface area contributed by atoms with Crippen molar-refractivity contribution in [1.29, 1.82) is 0 Å². The smallest absolute Gasteiger partial charge is 0.168 e. The van der Waals surface area contributed by atoms with Crippen molar-refractivity contribution < 1.29 is 4.39 Å². The van der Waals surface area contributed by atoms with Crippen LogP contribution in [-0.4, -0.2) is 9.97 Å². The topological polar surface area (TPSA) is 25.8 Å². The molecule has 1 rings (SSSR count). The molecule has 0 saturated carbocycles. The number of halogens is 3. The quantitative estimate of drug-likeness (QED) is 0.664. The lowest BCUT2D eigenvalue weighted by Crippen LogP contribution is -2.14. The van der Waals surface area contributed by atoms with E-state index in [0.29, 0.717) is 0 Å². The zero-order valence-electron chi connectivity index (χ0n) is 6.61. The van der Waals surface area contributed by atoms with E-state index < -0.39 is 5.67 Å². The highest BCUT2D eigenvalue weighted by molar-refractivity contribution is 6.33. The molecule has 1 aromatic heterocycles. The average molecular weight is 209 g/mol. The standard InChI is InChI=1S/C7H7Cl2FN2/c1-7(2,10)6-11-4(8)3-5(9)12-6/h3H,1-2H3. The molecule has 1 aromatic rings. The Labute approximate surface area is 79.7 Å². The lowest BCUT2D eigenvalue weighted by Gasteiger charge is -2.11. The van der Waals surface area contributed by atoms with E-state index in [-0.39, 0.29) is 16.1 Å². The molecule has 0 unspecified atom stereocenters. The highest BCUT2D eigenvalue weighted by Crippen LogP contribution is 2.23. The Morgan fingerprint density at radius 3 is 2.00 bits per heavy atom. The largest absolute Gasteiger partial charge is 0.236 e. The van der Waals surface area contributed by atoms with Crippen LogP contribution in [0.3, 0.4) is 0 Å². The van der Waals surface area contributed by atoms with Gasteiger partial charge in [-0.3, -0.25) is 0 Å². The van der Waals surface area contributed by atoms with E-state index >= 15 is 0 Å². The van der Waals surface area contributed by atoms with Gasteiger partial charge in [-0.05, 0) is 13.8 Å². The van der Waals surface area contributed by atoms with Crippen molar-refractivity contribution in [3.63, 3.8) is 0 Å². The van der Waals surface area contributed by atoms with Crippen molar-refractivity contribution in [1.82, 2.24) is 9.97 Å². The Hall–Kier alpha value is -0.410. The van der Waals surface area contributed by atoms with E-state index in [0.717, 1.165) is 0 Å². The molecule has 0 saturated heterocycles. The molecule has 0 spiro atoms. The van der Waals surface area contributed by atoms with E-state index in [4.69, 9.17) is 23.2 Å². The molecule has 0 aliphatic carbocycles. The Kier molecular flexibility index (Phi) is 2.54. The number of alkyl halides is 1. The van der Waals surface area contributed by atoms with E-state index in [1.54, 1.807) is 0 Å². The summed E-state index contributed by atoms with van der Waals surface area (Å²) < 4.78 is 13.2. The molecule has 0 fully saturated rings. The molecular weight excluding hydrogens is 202 g/mol. The van der Waals surface area contributed by atoms with Crippen molar-refractivity contribution >= 4 is 23.2 Å². The van der Waals surface area contributed by atoms with E-state index in [1.807, 2.05) is 0 Å². The first-order valence-electron chi connectivity index (χ1n) is 3.29. The second kappa shape index (κ2) is 3.15. The fraction of sp³-hybridized carbons (Fsp3) is 0.429. The first-order chi connectivity index (χ1) is 5.39. The monoisotopic (exact) mass is 208 g/mol. The van der Waals surface area contributed by atoms with Crippen LogP contribution in [0.25, 0.3) is 0 Å². The lowest BCUT2D eigenvalue weighted by atomic mass is 10.1. The molecule has 0 atom stereocenters. The molecule has 0 aliphatic heterocycles. The molecule has 0 radical (unpaired) electrons.